The number of hydrogen-bond acceptors (Lipinski definition) is 5. The Morgan fingerprint density at radius 3 is 2.52 bits per heavy atom. The fourth-order valence-electron chi connectivity index (χ4n) is 5.43. The highest BCUT2D eigenvalue weighted by atomic mass is 35.5. The molecule has 12 heteroatoms. The minimum absolute atomic E-state index is 0.0814. The summed E-state index contributed by atoms with van der Waals surface area (Å²) in [6.45, 7) is 0.281. The number of nitrogens with zero attached hydrogens (tertiary/aromatic N) is 1. The van der Waals surface area contributed by atoms with Crippen LogP contribution < -0.4 is 16.0 Å². The number of amides is 4. The summed E-state index contributed by atoms with van der Waals surface area (Å²) in [5, 5.41) is 16.3. The van der Waals surface area contributed by atoms with E-state index < -0.39 is 41.5 Å². The van der Waals surface area contributed by atoms with Gasteiger partial charge in [0.15, 0.2) is 11.4 Å². The Hall–Kier alpha value is -4.64. The summed E-state index contributed by atoms with van der Waals surface area (Å²) >= 11 is 6.08. The average Bonchev–Trinajstić information content (AvgIpc) is 2.98. The predicted octanol–water partition coefficient (Wildman–Crippen LogP) is 4.67. The summed E-state index contributed by atoms with van der Waals surface area (Å²) in [4.78, 5) is 52.0. The molecular weight excluding hydrogens is 567 g/mol. The van der Waals surface area contributed by atoms with Crippen LogP contribution in [0.25, 0.3) is 0 Å². The summed E-state index contributed by atoms with van der Waals surface area (Å²) in [6, 6.07) is 17.4. The third kappa shape index (κ3) is 6.15. The fourth-order valence-corrected chi connectivity index (χ4v) is 5.58. The predicted molar refractivity (Wildman–Crippen MR) is 152 cm³/mol. The Balaban J connectivity index is 1.40. The van der Waals surface area contributed by atoms with Crippen molar-refractivity contribution in [2.45, 2.75) is 37.5 Å². The monoisotopic (exact) mass is 594 g/mol. The van der Waals surface area contributed by atoms with Crippen molar-refractivity contribution in [1.29, 1.82) is 0 Å². The second-order valence-electron chi connectivity index (χ2n) is 10.2. The Morgan fingerprint density at radius 2 is 1.81 bits per heavy atom. The summed E-state index contributed by atoms with van der Waals surface area (Å²) in [7, 11) is 0. The zero-order valence-electron chi connectivity index (χ0n) is 22.4. The molecule has 0 bridgehead atoms. The molecule has 0 saturated carbocycles. The number of benzene rings is 3. The van der Waals surface area contributed by atoms with Crippen LogP contribution in [-0.2, 0) is 28.1 Å². The number of piperidine rings is 1. The van der Waals surface area contributed by atoms with Gasteiger partial charge in [-0.25, -0.2) is 14.0 Å². The lowest BCUT2D eigenvalue weighted by atomic mass is 9.82. The van der Waals surface area contributed by atoms with E-state index in [1.165, 1.54) is 17.0 Å². The molecule has 5 rings (SSSR count). The van der Waals surface area contributed by atoms with Gasteiger partial charge in [0.2, 0.25) is 5.91 Å². The van der Waals surface area contributed by atoms with Crippen molar-refractivity contribution in [3.63, 3.8) is 0 Å². The number of nitrogens with one attached hydrogen (secondary N) is 3. The van der Waals surface area contributed by atoms with Crippen LogP contribution in [0.15, 0.2) is 66.7 Å². The minimum atomic E-state index is -1.44. The van der Waals surface area contributed by atoms with Gasteiger partial charge < -0.3 is 25.4 Å². The lowest BCUT2D eigenvalue weighted by Crippen LogP contribution is -2.57. The Kier molecular flexibility index (Phi) is 8.30. The van der Waals surface area contributed by atoms with E-state index in [0.717, 1.165) is 5.56 Å². The number of hydrogen-bond donors (Lipinski definition) is 4. The third-order valence-corrected chi connectivity index (χ3v) is 7.68. The molecule has 1 fully saturated rings. The van der Waals surface area contributed by atoms with Gasteiger partial charge in [-0.05, 0) is 48.2 Å². The second kappa shape index (κ2) is 12.1. The number of ether oxygens (including phenoxy) is 1. The number of carbonyl (C=O) groups is 4. The topological polar surface area (TPSA) is 137 Å². The van der Waals surface area contributed by atoms with Crippen molar-refractivity contribution in [2.75, 3.05) is 18.4 Å². The van der Waals surface area contributed by atoms with Gasteiger partial charge in [-0.1, -0.05) is 54.1 Å². The Bertz CT molecular complexity index is 1520. The van der Waals surface area contributed by atoms with Gasteiger partial charge >= 0.3 is 12.2 Å². The number of anilines is 1. The standard InChI is InChI=1S/C30H28ClFN4O6/c31-21-11-12-22-24(25(21)32)30(42-29(41)35-22)13-4-14-36(17-30)27(38)23(15-18-5-2-1-3-6-18)34-26(37)20-9-7-19(8-10-20)16-33-28(39)40/h1-3,5-12,23,33H,4,13-17H2,(H,34,37)(H,35,41)(H,39,40)/t23-,30-/m0/s1. The van der Waals surface area contributed by atoms with E-state index in [2.05, 4.69) is 16.0 Å². The molecule has 1 saturated heterocycles. The molecule has 0 radical (unpaired) electrons. The maximum Gasteiger partial charge on any atom is 0.412 e. The van der Waals surface area contributed by atoms with Gasteiger partial charge in [0.25, 0.3) is 5.91 Å². The largest absolute Gasteiger partial charge is 0.465 e. The zero-order valence-corrected chi connectivity index (χ0v) is 23.1. The van der Waals surface area contributed by atoms with Crippen LogP contribution in [0.3, 0.4) is 0 Å². The number of carboxylic acid groups (broad SMARTS) is 1. The first kappa shape index (κ1) is 28.9. The van der Waals surface area contributed by atoms with Gasteiger partial charge in [-0.2, -0.15) is 0 Å². The first-order valence-corrected chi connectivity index (χ1v) is 13.7. The molecule has 3 aromatic rings. The maximum absolute atomic E-state index is 15.3. The van der Waals surface area contributed by atoms with Crippen molar-refractivity contribution >= 4 is 41.3 Å². The molecule has 2 atom stereocenters. The highest BCUT2D eigenvalue weighted by Gasteiger charge is 2.49. The first-order valence-electron chi connectivity index (χ1n) is 13.3. The molecule has 42 heavy (non-hydrogen) atoms. The van der Waals surface area contributed by atoms with Crippen molar-refractivity contribution in [2.24, 2.45) is 0 Å². The first-order chi connectivity index (χ1) is 20.1. The third-order valence-electron chi connectivity index (χ3n) is 7.39. The van der Waals surface area contributed by atoms with Gasteiger partial charge in [0.1, 0.15) is 6.04 Å². The molecule has 218 valence electrons. The molecule has 0 aliphatic carbocycles. The fraction of sp³-hybridized carbons (Fsp3) is 0.267. The van der Waals surface area contributed by atoms with Gasteiger partial charge in [0.05, 0.1) is 22.8 Å². The van der Waals surface area contributed by atoms with Crippen LogP contribution in [0.5, 0.6) is 0 Å². The van der Waals surface area contributed by atoms with Crippen LogP contribution in [0.2, 0.25) is 5.02 Å². The van der Waals surface area contributed by atoms with Crippen LogP contribution in [0.4, 0.5) is 19.7 Å². The van der Waals surface area contributed by atoms with Crippen LogP contribution in [0.1, 0.15) is 39.9 Å². The van der Waals surface area contributed by atoms with E-state index >= 15 is 4.39 Å². The van der Waals surface area contributed by atoms with Crippen LogP contribution >= 0.6 is 11.6 Å². The van der Waals surface area contributed by atoms with E-state index in [1.807, 2.05) is 30.3 Å². The molecule has 2 aliphatic heterocycles. The van der Waals surface area contributed by atoms with Crippen molar-refractivity contribution in [1.82, 2.24) is 15.5 Å². The molecule has 4 amide bonds. The molecule has 0 unspecified atom stereocenters. The molecule has 4 N–H and O–H groups in total. The Labute approximate surface area is 245 Å². The SMILES string of the molecule is O=C(O)NCc1ccc(C(=O)N[C@@H](Cc2ccccc2)C(=O)N2CCC[C@@]3(C2)OC(=O)Nc2ccc(Cl)c(F)c23)cc1. The molecule has 2 aliphatic rings. The van der Waals surface area contributed by atoms with E-state index in [-0.39, 0.29) is 47.8 Å². The van der Waals surface area contributed by atoms with Gasteiger partial charge in [0, 0.05) is 25.1 Å². The highest BCUT2D eigenvalue weighted by Crippen LogP contribution is 2.45. The van der Waals surface area contributed by atoms with Gasteiger partial charge in [-0.3, -0.25) is 14.9 Å². The quantitative estimate of drug-likeness (QED) is 0.314. The normalized spacial score (nSPS) is 18.3. The molecule has 1 spiro atoms. The maximum atomic E-state index is 15.3. The van der Waals surface area contributed by atoms with Gasteiger partial charge in [-0.15, -0.1) is 0 Å². The lowest BCUT2D eigenvalue weighted by molar-refractivity contribution is -0.141. The van der Waals surface area contributed by atoms with Crippen LogP contribution in [0, 0.1) is 5.82 Å². The summed E-state index contributed by atoms with van der Waals surface area (Å²) in [5.74, 6) is -1.63. The minimum Gasteiger partial charge on any atom is -0.465 e. The molecule has 2 heterocycles. The summed E-state index contributed by atoms with van der Waals surface area (Å²) in [5.41, 5.74) is 0.643. The van der Waals surface area contributed by atoms with Crippen molar-refractivity contribution in [3.8, 4) is 0 Å². The summed E-state index contributed by atoms with van der Waals surface area (Å²) in [6.07, 6.45) is -1.02. The highest BCUT2D eigenvalue weighted by molar-refractivity contribution is 6.31. The zero-order chi connectivity index (χ0) is 29.9. The Morgan fingerprint density at radius 1 is 1.07 bits per heavy atom. The van der Waals surface area contributed by atoms with Crippen molar-refractivity contribution in [3.05, 3.63) is 99.8 Å². The number of rotatable bonds is 7. The second-order valence-corrected chi connectivity index (χ2v) is 10.6. The number of fused-ring (bicyclic) bond motifs is 2. The van der Waals surface area contributed by atoms with E-state index in [0.29, 0.717) is 18.5 Å². The molecule has 10 nitrogen and oxygen atoms in total. The number of carbonyl (C=O) groups excluding carboxylic acids is 3. The molecule has 0 aromatic heterocycles. The van der Waals surface area contributed by atoms with E-state index in [1.54, 1.807) is 24.3 Å². The smallest absolute Gasteiger partial charge is 0.412 e. The molecule has 3 aromatic carbocycles. The summed E-state index contributed by atoms with van der Waals surface area (Å²) < 4.78 is 21.0. The average molecular weight is 595 g/mol. The lowest BCUT2D eigenvalue weighted by Gasteiger charge is -2.45. The number of likely N-dealkylation sites (tertiary alicyclic amines) is 1. The van der Waals surface area contributed by atoms with E-state index in [9.17, 15) is 19.2 Å². The van der Waals surface area contributed by atoms with Crippen molar-refractivity contribution < 1.29 is 33.4 Å². The number of halogens is 2. The molecular formula is C30H28ClFN4O6. The van der Waals surface area contributed by atoms with Crippen LogP contribution in [-0.4, -0.2) is 53.1 Å². The van der Waals surface area contributed by atoms with E-state index in [4.69, 9.17) is 21.4 Å².